The Hall–Kier alpha value is -2.39. The molecule has 2 fully saturated rings. The molecule has 0 radical (unpaired) electrons. The van der Waals surface area contributed by atoms with E-state index in [4.69, 9.17) is 9.31 Å². The maximum Gasteiger partial charge on any atom is 0.481 e. The average Bonchev–Trinajstić information content (AvgIpc) is 3.40. The number of carbonyl (C=O) groups excluding carboxylic acids is 3. The van der Waals surface area contributed by atoms with Crippen molar-refractivity contribution in [3.8, 4) is 0 Å². The van der Waals surface area contributed by atoms with Crippen molar-refractivity contribution in [2.45, 2.75) is 116 Å². The lowest BCUT2D eigenvalue weighted by Crippen LogP contribution is -2.57. The van der Waals surface area contributed by atoms with Gasteiger partial charge in [0, 0.05) is 19.9 Å². The Morgan fingerprint density at radius 2 is 1.70 bits per heavy atom. The summed E-state index contributed by atoms with van der Waals surface area (Å²) in [5.41, 5.74) is -0.0420. The van der Waals surface area contributed by atoms with Crippen LogP contribution in [0.5, 0.6) is 0 Å². The molecule has 2 heterocycles. The maximum atomic E-state index is 13.6. The van der Waals surface area contributed by atoms with E-state index < -0.39 is 30.4 Å². The SMILES string of the molecule is CCCCCC(NC(=O)[C@@H]1CCCN1C(=O)[C@@H](Cc1ccccc1)NC(C)=O)B1OC(C)(C)C(C)(C)O1. The van der Waals surface area contributed by atoms with Gasteiger partial charge in [0.2, 0.25) is 17.7 Å². The summed E-state index contributed by atoms with van der Waals surface area (Å²) < 4.78 is 12.6. The lowest BCUT2D eigenvalue weighted by molar-refractivity contribution is -0.141. The second-order valence-corrected chi connectivity index (χ2v) is 11.4. The first kappa shape index (κ1) is 29.2. The first-order valence-corrected chi connectivity index (χ1v) is 13.7. The number of rotatable bonds is 11. The molecular formula is C28H44BN3O5. The van der Waals surface area contributed by atoms with Crippen molar-refractivity contribution >= 4 is 24.8 Å². The molecule has 2 aliphatic rings. The van der Waals surface area contributed by atoms with E-state index in [0.717, 1.165) is 37.7 Å². The molecule has 2 N–H and O–H groups in total. The molecule has 0 spiro atoms. The smallest absolute Gasteiger partial charge is 0.402 e. The molecule has 3 atom stereocenters. The maximum absolute atomic E-state index is 13.6. The van der Waals surface area contributed by atoms with Crippen LogP contribution in [0.4, 0.5) is 0 Å². The number of unbranched alkanes of at least 4 members (excludes halogenated alkanes) is 2. The van der Waals surface area contributed by atoms with E-state index in [1.54, 1.807) is 4.90 Å². The summed E-state index contributed by atoms with van der Waals surface area (Å²) in [5.74, 6) is -1.00. The monoisotopic (exact) mass is 513 g/mol. The van der Waals surface area contributed by atoms with E-state index in [1.807, 2.05) is 58.0 Å². The van der Waals surface area contributed by atoms with Gasteiger partial charge in [0.1, 0.15) is 12.1 Å². The summed E-state index contributed by atoms with van der Waals surface area (Å²) in [7, 11) is -0.554. The zero-order valence-corrected chi connectivity index (χ0v) is 23.3. The Bertz CT molecular complexity index is 923. The van der Waals surface area contributed by atoms with Crippen LogP contribution in [0.2, 0.25) is 0 Å². The van der Waals surface area contributed by atoms with E-state index >= 15 is 0 Å². The van der Waals surface area contributed by atoms with Gasteiger partial charge in [-0.05, 0) is 52.5 Å². The summed E-state index contributed by atoms with van der Waals surface area (Å²) >= 11 is 0. The first-order valence-electron chi connectivity index (χ1n) is 13.7. The largest absolute Gasteiger partial charge is 0.481 e. The van der Waals surface area contributed by atoms with Crippen LogP contribution in [0, 0.1) is 0 Å². The van der Waals surface area contributed by atoms with Crippen molar-refractivity contribution in [2.24, 2.45) is 0 Å². The minimum Gasteiger partial charge on any atom is -0.402 e. The molecule has 2 aliphatic heterocycles. The number of likely N-dealkylation sites (tertiary alicyclic amines) is 1. The Labute approximate surface area is 222 Å². The Balaban J connectivity index is 1.73. The number of amides is 3. The van der Waals surface area contributed by atoms with Gasteiger partial charge in [-0.3, -0.25) is 14.4 Å². The second kappa shape index (κ2) is 12.4. The third-order valence-corrected chi connectivity index (χ3v) is 7.84. The highest BCUT2D eigenvalue weighted by molar-refractivity contribution is 6.48. The number of hydrogen-bond acceptors (Lipinski definition) is 5. The second-order valence-electron chi connectivity index (χ2n) is 11.4. The lowest BCUT2D eigenvalue weighted by atomic mass is 9.75. The quantitative estimate of drug-likeness (QED) is 0.349. The summed E-state index contributed by atoms with van der Waals surface area (Å²) in [6, 6.07) is 8.28. The van der Waals surface area contributed by atoms with Gasteiger partial charge in [-0.15, -0.1) is 0 Å². The Kier molecular flexibility index (Phi) is 9.81. The molecule has 1 aromatic rings. The standard InChI is InChI=1S/C28H44BN3O5/c1-7-8-10-17-24(29-36-27(3,4)28(5,6)37-29)31-25(34)23-16-13-18-32(23)26(35)22(30-20(2)33)19-21-14-11-9-12-15-21/h9,11-12,14-15,22-24H,7-8,10,13,16-19H2,1-6H3,(H,30,33)(H,31,34)/t22-,23+,24?/m1/s1. The predicted octanol–water partition coefficient (Wildman–Crippen LogP) is 3.42. The van der Waals surface area contributed by atoms with Gasteiger partial charge in [0.15, 0.2) is 0 Å². The van der Waals surface area contributed by atoms with Gasteiger partial charge < -0.3 is 24.8 Å². The number of nitrogens with one attached hydrogen (secondary N) is 2. The first-order chi connectivity index (χ1) is 17.4. The average molecular weight is 513 g/mol. The van der Waals surface area contributed by atoms with Crippen LogP contribution in [0.3, 0.4) is 0 Å². The molecular weight excluding hydrogens is 469 g/mol. The molecule has 9 heteroatoms. The minimum atomic E-state index is -0.725. The molecule has 3 amide bonds. The van der Waals surface area contributed by atoms with Gasteiger partial charge in [0.05, 0.1) is 17.1 Å². The third kappa shape index (κ3) is 7.35. The number of nitrogens with zero attached hydrogens (tertiary/aromatic N) is 1. The van der Waals surface area contributed by atoms with Crippen LogP contribution in [0.25, 0.3) is 0 Å². The molecule has 0 bridgehead atoms. The molecule has 8 nitrogen and oxygen atoms in total. The van der Waals surface area contributed by atoms with E-state index in [2.05, 4.69) is 17.6 Å². The van der Waals surface area contributed by atoms with E-state index in [1.165, 1.54) is 6.92 Å². The van der Waals surface area contributed by atoms with Crippen LogP contribution in [-0.2, 0) is 30.1 Å². The Morgan fingerprint density at radius 3 is 2.30 bits per heavy atom. The summed E-state index contributed by atoms with van der Waals surface area (Å²) in [5, 5.41) is 5.98. The zero-order valence-electron chi connectivity index (χ0n) is 23.3. The third-order valence-electron chi connectivity index (χ3n) is 7.84. The van der Waals surface area contributed by atoms with Crippen LogP contribution < -0.4 is 10.6 Å². The van der Waals surface area contributed by atoms with Crippen LogP contribution in [0.15, 0.2) is 30.3 Å². The van der Waals surface area contributed by atoms with Crippen LogP contribution in [-0.4, -0.2) is 65.5 Å². The van der Waals surface area contributed by atoms with Gasteiger partial charge >= 0.3 is 7.12 Å². The molecule has 2 saturated heterocycles. The number of hydrogen-bond donors (Lipinski definition) is 2. The van der Waals surface area contributed by atoms with Gasteiger partial charge in [0.25, 0.3) is 0 Å². The highest BCUT2D eigenvalue weighted by atomic mass is 16.7. The van der Waals surface area contributed by atoms with E-state index in [9.17, 15) is 14.4 Å². The molecule has 37 heavy (non-hydrogen) atoms. The molecule has 0 aromatic heterocycles. The molecule has 0 saturated carbocycles. The summed E-state index contributed by atoms with van der Waals surface area (Å²) in [6.45, 7) is 12.1. The van der Waals surface area contributed by atoms with Crippen molar-refractivity contribution in [3.05, 3.63) is 35.9 Å². The Morgan fingerprint density at radius 1 is 1.05 bits per heavy atom. The van der Waals surface area contributed by atoms with Crippen molar-refractivity contribution in [3.63, 3.8) is 0 Å². The normalized spacial score (nSPS) is 21.9. The topological polar surface area (TPSA) is 97.0 Å². The van der Waals surface area contributed by atoms with Crippen molar-refractivity contribution in [1.82, 2.24) is 15.5 Å². The van der Waals surface area contributed by atoms with Crippen LogP contribution in [0.1, 0.15) is 85.6 Å². The van der Waals surface area contributed by atoms with Crippen molar-refractivity contribution < 1.29 is 23.7 Å². The molecule has 204 valence electrons. The minimum absolute atomic E-state index is 0.191. The van der Waals surface area contributed by atoms with Gasteiger partial charge in [-0.2, -0.15) is 0 Å². The number of carbonyl (C=O) groups is 3. The molecule has 3 rings (SSSR count). The highest BCUT2D eigenvalue weighted by Crippen LogP contribution is 2.38. The predicted molar refractivity (Wildman–Crippen MR) is 145 cm³/mol. The van der Waals surface area contributed by atoms with E-state index in [0.29, 0.717) is 19.4 Å². The summed E-state index contributed by atoms with van der Waals surface area (Å²) in [4.78, 5) is 40.7. The van der Waals surface area contributed by atoms with E-state index in [-0.39, 0.29) is 23.7 Å². The highest BCUT2D eigenvalue weighted by Gasteiger charge is 2.54. The molecule has 0 aliphatic carbocycles. The fourth-order valence-electron chi connectivity index (χ4n) is 5.02. The zero-order chi connectivity index (χ0) is 27.2. The van der Waals surface area contributed by atoms with Gasteiger partial charge in [-0.25, -0.2) is 0 Å². The fraction of sp³-hybridized carbons (Fsp3) is 0.679. The fourth-order valence-corrected chi connectivity index (χ4v) is 5.02. The summed E-state index contributed by atoms with van der Waals surface area (Å²) in [6.07, 6.45) is 5.50. The lowest BCUT2D eigenvalue weighted by Gasteiger charge is -2.32. The number of benzene rings is 1. The molecule has 1 aromatic carbocycles. The van der Waals surface area contributed by atoms with Crippen LogP contribution >= 0.6 is 0 Å². The van der Waals surface area contributed by atoms with Crippen molar-refractivity contribution in [2.75, 3.05) is 6.54 Å². The molecule has 1 unspecified atom stereocenters. The van der Waals surface area contributed by atoms with Gasteiger partial charge in [-0.1, -0.05) is 56.5 Å². The van der Waals surface area contributed by atoms with Crippen molar-refractivity contribution in [1.29, 1.82) is 0 Å².